The van der Waals surface area contributed by atoms with Gasteiger partial charge >= 0.3 is 11.9 Å². The van der Waals surface area contributed by atoms with E-state index < -0.39 is 24.0 Å². The molecule has 0 amide bonds. The lowest BCUT2D eigenvalue weighted by atomic mass is 9.95. The van der Waals surface area contributed by atoms with Crippen LogP contribution in [0.4, 0.5) is 0 Å². The minimum Gasteiger partial charge on any atom is -0.478 e. The van der Waals surface area contributed by atoms with Gasteiger partial charge < -0.3 is 37.9 Å². The second-order valence-corrected chi connectivity index (χ2v) is 8.51. The van der Waals surface area contributed by atoms with Crippen molar-refractivity contribution in [1.82, 2.24) is 0 Å². The summed E-state index contributed by atoms with van der Waals surface area (Å²) in [5, 5.41) is 18.1. The van der Waals surface area contributed by atoms with E-state index >= 15 is 0 Å². The number of nitrogens with two attached hydrogens (primary N) is 4. The predicted octanol–water partition coefficient (Wildman–Crippen LogP) is 2.70. The number of benzene rings is 2. The first-order chi connectivity index (χ1) is 17.6. The second-order valence-electron chi connectivity index (χ2n) is 8.51. The molecule has 0 fully saturated rings. The van der Waals surface area contributed by atoms with Gasteiger partial charge in [-0.05, 0) is 70.8 Å². The van der Waals surface area contributed by atoms with Gasteiger partial charge in [0.15, 0.2) is 0 Å². The first-order valence-electron chi connectivity index (χ1n) is 11.3. The summed E-state index contributed by atoms with van der Waals surface area (Å²) < 4.78 is 5.97. The maximum absolute atomic E-state index is 11.0. The third-order valence-electron chi connectivity index (χ3n) is 6.01. The van der Waals surface area contributed by atoms with Crippen molar-refractivity contribution in [2.24, 2.45) is 22.9 Å². The SMILES string of the molecule is NC1=C(OC2=C(N)C(N)C(=Cc3ccc(C(=O)O)cc3)C=C2)C=CC(=Cc2ccc(C(=O)O)cc2)C1N. The predicted molar refractivity (Wildman–Crippen MR) is 140 cm³/mol. The van der Waals surface area contributed by atoms with Gasteiger partial charge in [-0.3, -0.25) is 0 Å². The van der Waals surface area contributed by atoms with Crippen molar-refractivity contribution < 1.29 is 24.5 Å². The van der Waals surface area contributed by atoms with E-state index in [1.165, 1.54) is 24.3 Å². The van der Waals surface area contributed by atoms with Crippen molar-refractivity contribution in [3.8, 4) is 0 Å². The Morgan fingerprint density at radius 2 is 1.00 bits per heavy atom. The fourth-order valence-corrected chi connectivity index (χ4v) is 3.82. The van der Waals surface area contributed by atoms with Crippen LogP contribution in [-0.4, -0.2) is 34.2 Å². The average molecular weight is 499 g/mol. The number of carboxylic acids is 2. The van der Waals surface area contributed by atoms with Crippen molar-refractivity contribution in [3.63, 3.8) is 0 Å². The van der Waals surface area contributed by atoms with Gasteiger partial charge in [0.2, 0.25) is 0 Å². The van der Waals surface area contributed by atoms with Gasteiger partial charge in [-0.1, -0.05) is 36.4 Å². The molecule has 0 saturated heterocycles. The summed E-state index contributed by atoms with van der Waals surface area (Å²) in [5.74, 6) is -1.30. The molecule has 10 N–H and O–H groups in total. The summed E-state index contributed by atoms with van der Waals surface area (Å²) >= 11 is 0. The lowest BCUT2D eigenvalue weighted by molar-refractivity contribution is 0.0686. The Bertz CT molecular complexity index is 1320. The van der Waals surface area contributed by atoms with E-state index in [2.05, 4.69) is 0 Å². The van der Waals surface area contributed by atoms with Crippen LogP contribution in [0.15, 0.2) is 107 Å². The molecule has 0 saturated carbocycles. The van der Waals surface area contributed by atoms with Gasteiger partial charge in [0, 0.05) is 0 Å². The van der Waals surface area contributed by atoms with E-state index in [-0.39, 0.29) is 11.1 Å². The van der Waals surface area contributed by atoms with E-state index in [9.17, 15) is 9.59 Å². The molecule has 0 aliphatic heterocycles. The average Bonchev–Trinajstić information content (AvgIpc) is 2.88. The van der Waals surface area contributed by atoms with Crippen molar-refractivity contribution >= 4 is 24.1 Å². The molecule has 0 aromatic heterocycles. The maximum atomic E-state index is 11.0. The molecule has 9 heteroatoms. The van der Waals surface area contributed by atoms with Crippen molar-refractivity contribution in [1.29, 1.82) is 0 Å². The van der Waals surface area contributed by atoms with E-state index in [0.717, 1.165) is 22.3 Å². The standard InChI is InChI=1S/C28H26N4O5/c29-23-19(13-15-1-5-17(6-2-15)27(33)34)9-11-21(25(23)31)37-22-12-10-20(24(30)26(22)32)14-16-3-7-18(8-4-16)28(35)36/h1-14,23-24H,29-32H2,(H,33,34)(H,35,36). The molecule has 2 atom stereocenters. The Hall–Kier alpha value is -4.86. The molecule has 2 aliphatic rings. The Labute approximate surface area is 213 Å². The molecule has 0 radical (unpaired) electrons. The molecule has 2 aromatic carbocycles. The van der Waals surface area contributed by atoms with E-state index in [1.807, 2.05) is 12.2 Å². The fourth-order valence-electron chi connectivity index (χ4n) is 3.82. The minimum atomic E-state index is -0.996. The summed E-state index contributed by atoms with van der Waals surface area (Å²) in [5.41, 5.74) is 29.2. The van der Waals surface area contributed by atoms with Crippen LogP contribution in [0.2, 0.25) is 0 Å². The molecule has 0 heterocycles. The quantitative estimate of drug-likeness (QED) is 0.348. The summed E-state index contributed by atoms with van der Waals surface area (Å²) in [6, 6.07) is 11.5. The number of hydrogen-bond acceptors (Lipinski definition) is 7. The molecule has 188 valence electrons. The number of rotatable bonds is 6. The molecule has 2 aromatic rings. The lowest BCUT2D eigenvalue weighted by Crippen LogP contribution is -2.34. The summed E-state index contributed by atoms with van der Waals surface area (Å²) in [7, 11) is 0. The molecule has 37 heavy (non-hydrogen) atoms. The van der Waals surface area contributed by atoms with Crippen LogP contribution < -0.4 is 22.9 Å². The van der Waals surface area contributed by atoms with Gasteiger partial charge in [0.25, 0.3) is 0 Å². The Kier molecular flexibility index (Phi) is 7.10. The molecule has 4 rings (SSSR count). The van der Waals surface area contributed by atoms with Crippen LogP contribution in [0.3, 0.4) is 0 Å². The van der Waals surface area contributed by atoms with Crippen molar-refractivity contribution in [3.05, 3.63) is 129 Å². The zero-order valence-electron chi connectivity index (χ0n) is 19.7. The molecular weight excluding hydrogens is 472 g/mol. The van der Waals surface area contributed by atoms with Crippen LogP contribution in [0, 0.1) is 0 Å². The highest BCUT2D eigenvalue weighted by Crippen LogP contribution is 2.28. The smallest absolute Gasteiger partial charge is 0.335 e. The zero-order chi connectivity index (χ0) is 26.7. The minimum absolute atomic E-state index is 0.194. The third-order valence-corrected chi connectivity index (χ3v) is 6.01. The fraction of sp³-hybridized carbons (Fsp3) is 0.0714. The second kappa shape index (κ2) is 10.4. The Morgan fingerprint density at radius 3 is 1.32 bits per heavy atom. The highest BCUT2D eigenvalue weighted by molar-refractivity contribution is 5.88. The largest absolute Gasteiger partial charge is 0.478 e. The van der Waals surface area contributed by atoms with Gasteiger partial charge in [0.05, 0.1) is 34.6 Å². The Morgan fingerprint density at radius 1 is 0.649 bits per heavy atom. The normalized spacial score (nSPS) is 21.6. The van der Waals surface area contributed by atoms with Crippen LogP contribution >= 0.6 is 0 Å². The number of carbonyl (C=O) groups is 2. The highest BCUT2D eigenvalue weighted by Gasteiger charge is 2.24. The van der Waals surface area contributed by atoms with E-state index in [4.69, 9.17) is 37.9 Å². The van der Waals surface area contributed by atoms with Gasteiger partial charge in [-0.15, -0.1) is 0 Å². The first kappa shape index (κ1) is 25.2. The third kappa shape index (κ3) is 5.53. The molecule has 0 bridgehead atoms. The number of hydrogen-bond donors (Lipinski definition) is 6. The molecular formula is C28H26N4O5. The highest BCUT2D eigenvalue weighted by atomic mass is 16.5. The van der Waals surface area contributed by atoms with E-state index in [0.29, 0.717) is 22.9 Å². The molecule has 9 nitrogen and oxygen atoms in total. The van der Waals surface area contributed by atoms with Crippen LogP contribution in [0.1, 0.15) is 31.8 Å². The number of carboxylic acid groups (broad SMARTS) is 2. The molecule has 0 spiro atoms. The first-order valence-corrected chi connectivity index (χ1v) is 11.3. The monoisotopic (exact) mass is 498 g/mol. The van der Waals surface area contributed by atoms with Crippen LogP contribution in [0.25, 0.3) is 12.2 Å². The number of allylic oxidation sites excluding steroid dienone is 2. The lowest BCUT2D eigenvalue weighted by Gasteiger charge is -2.25. The Balaban J connectivity index is 1.49. The van der Waals surface area contributed by atoms with Crippen molar-refractivity contribution in [2.45, 2.75) is 12.1 Å². The van der Waals surface area contributed by atoms with Crippen molar-refractivity contribution in [2.75, 3.05) is 0 Å². The van der Waals surface area contributed by atoms with Gasteiger partial charge in [-0.25, -0.2) is 9.59 Å². The summed E-state index contributed by atoms with van der Waals surface area (Å²) in [6.07, 6.45) is 10.6. The maximum Gasteiger partial charge on any atom is 0.335 e. The van der Waals surface area contributed by atoms with E-state index in [1.54, 1.807) is 48.6 Å². The summed E-state index contributed by atoms with van der Waals surface area (Å²) in [6.45, 7) is 0. The number of aromatic carboxylic acids is 2. The molecule has 2 aliphatic carbocycles. The van der Waals surface area contributed by atoms with Crippen LogP contribution in [-0.2, 0) is 4.74 Å². The summed E-state index contributed by atoms with van der Waals surface area (Å²) in [4.78, 5) is 22.1. The zero-order valence-corrected chi connectivity index (χ0v) is 19.7. The van der Waals surface area contributed by atoms with Crippen LogP contribution in [0.5, 0.6) is 0 Å². The molecule has 2 unspecified atom stereocenters. The van der Waals surface area contributed by atoms with Gasteiger partial charge in [0.1, 0.15) is 11.5 Å². The topological polar surface area (TPSA) is 188 Å². The number of ether oxygens (including phenoxy) is 1. The van der Waals surface area contributed by atoms with Gasteiger partial charge in [-0.2, -0.15) is 0 Å².